The number of amides is 2. The maximum Gasteiger partial charge on any atom is 0.282 e. The first-order valence-electron chi connectivity index (χ1n) is 9.94. The zero-order valence-electron chi connectivity index (χ0n) is 17.2. The van der Waals surface area contributed by atoms with Gasteiger partial charge in [0.1, 0.15) is 17.3 Å². The molecule has 0 aliphatic carbocycles. The molecule has 3 aromatic rings. The zero-order valence-corrected chi connectivity index (χ0v) is 17.2. The van der Waals surface area contributed by atoms with Gasteiger partial charge in [0.2, 0.25) is 0 Å². The molecule has 0 radical (unpaired) electrons. The molecular formula is C25H21FN2O3. The normalized spacial score (nSPS) is 13.7. The van der Waals surface area contributed by atoms with Crippen molar-refractivity contribution in [3.05, 3.63) is 95.4 Å². The van der Waals surface area contributed by atoms with Crippen LogP contribution in [0, 0.1) is 12.7 Å². The van der Waals surface area contributed by atoms with E-state index in [4.69, 9.17) is 4.74 Å². The van der Waals surface area contributed by atoms with Crippen LogP contribution in [0.3, 0.4) is 0 Å². The minimum atomic E-state index is -0.646. The van der Waals surface area contributed by atoms with Gasteiger partial charge in [0, 0.05) is 11.8 Å². The molecule has 31 heavy (non-hydrogen) atoms. The van der Waals surface area contributed by atoms with Crippen molar-refractivity contribution in [2.75, 3.05) is 16.8 Å². The van der Waals surface area contributed by atoms with Crippen molar-refractivity contribution in [3.63, 3.8) is 0 Å². The van der Waals surface area contributed by atoms with E-state index in [1.807, 2.05) is 26.0 Å². The van der Waals surface area contributed by atoms with Crippen LogP contribution in [-0.4, -0.2) is 18.4 Å². The molecule has 1 heterocycles. The second-order valence-electron chi connectivity index (χ2n) is 7.10. The highest BCUT2D eigenvalue weighted by Crippen LogP contribution is 2.35. The van der Waals surface area contributed by atoms with E-state index in [-0.39, 0.29) is 17.0 Å². The Morgan fingerprint density at radius 1 is 0.935 bits per heavy atom. The molecule has 1 N–H and O–H groups in total. The number of hydrogen-bond donors (Lipinski definition) is 1. The third-order valence-electron chi connectivity index (χ3n) is 4.93. The van der Waals surface area contributed by atoms with Gasteiger partial charge in [0.25, 0.3) is 11.8 Å². The summed E-state index contributed by atoms with van der Waals surface area (Å²) in [5.74, 6) is -1.21. The van der Waals surface area contributed by atoms with Gasteiger partial charge in [-0.25, -0.2) is 9.29 Å². The Labute approximate surface area is 179 Å². The van der Waals surface area contributed by atoms with Crippen molar-refractivity contribution in [2.24, 2.45) is 0 Å². The van der Waals surface area contributed by atoms with E-state index in [2.05, 4.69) is 5.32 Å². The van der Waals surface area contributed by atoms with Gasteiger partial charge in [0.15, 0.2) is 0 Å². The number of nitrogens with zero attached hydrogens (tertiary/aromatic N) is 1. The maximum absolute atomic E-state index is 14.5. The van der Waals surface area contributed by atoms with E-state index in [0.29, 0.717) is 23.6 Å². The quantitative estimate of drug-likeness (QED) is 0.579. The van der Waals surface area contributed by atoms with Crippen molar-refractivity contribution in [2.45, 2.75) is 13.8 Å². The highest BCUT2D eigenvalue weighted by Gasteiger charge is 2.41. The van der Waals surface area contributed by atoms with Crippen LogP contribution in [0.1, 0.15) is 18.1 Å². The summed E-state index contributed by atoms with van der Waals surface area (Å²) < 4.78 is 20.0. The Morgan fingerprint density at radius 3 is 2.39 bits per heavy atom. The number of para-hydroxylation sites is 1. The molecule has 3 aromatic carbocycles. The van der Waals surface area contributed by atoms with Crippen LogP contribution in [0.4, 0.5) is 15.8 Å². The van der Waals surface area contributed by atoms with E-state index >= 15 is 0 Å². The molecule has 0 bridgehead atoms. The zero-order chi connectivity index (χ0) is 22.0. The van der Waals surface area contributed by atoms with Crippen LogP contribution >= 0.6 is 0 Å². The molecule has 156 valence electrons. The number of hydrogen-bond acceptors (Lipinski definition) is 4. The lowest BCUT2D eigenvalue weighted by Crippen LogP contribution is -2.33. The van der Waals surface area contributed by atoms with Gasteiger partial charge >= 0.3 is 0 Å². The van der Waals surface area contributed by atoms with Crippen LogP contribution in [0.2, 0.25) is 0 Å². The van der Waals surface area contributed by atoms with Crippen LogP contribution in [-0.2, 0) is 9.59 Å². The van der Waals surface area contributed by atoms with Crippen molar-refractivity contribution in [1.82, 2.24) is 0 Å². The van der Waals surface area contributed by atoms with E-state index in [1.165, 1.54) is 18.2 Å². The lowest BCUT2D eigenvalue weighted by Gasteiger charge is -2.16. The van der Waals surface area contributed by atoms with Gasteiger partial charge in [-0.3, -0.25) is 9.59 Å². The fourth-order valence-corrected chi connectivity index (χ4v) is 3.46. The topological polar surface area (TPSA) is 58.6 Å². The third kappa shape index (κ3) is 3.92. The summed E-state index contributed by atoms with van der Waals surface area (Å²) in [6, 6.07) is 20.1. The van der Waals surface area contributed by atoms with Crippen molar-refractivity contribution >= 4 is 28.8 Å². The number of ether oxygens (including phenoxy) is 1. The monoisotopic (exact) mass is 416 g/mol. The Hall–Kier alpha value is -3.93. The average molecular weight is 416 g/mol. The number of carbonyl (C=O) groups excluding carboxylic acids is 2. The maximum atomic E-state index is 14.5. The van der Waals surface area contributed by atoms with Gasteiger partial charge in [-0.15, -0.1) is 0 Å². The third-order valence-corrected chi connectivity index (χ3v) is 4.93. The average Bonchev–Trinajstić information content (AvgIpc) is 2.99. The fraction of sp³-hybridized carbons (Fsp3) is 0.120. The van der Waals surface area contributed by atoms with Gasteiger partial charge in [-0.05, 0) is 43.7 Å². The number of nitrogens with one attached hydrogen (secondary N) is 1. The van der Waals surface area contributed by atoms with Gasteiger partial charge in [-0.1, -0.05) is 48.0 Å². The summed E-state index contributed by atoms with van der Waals surface area (Å²) in [5.41, 5.74) is 2.38. The molecule has 0 atom stereocenters. The van der Waals surface area contributed by atoms with E-state index in [9.17, 15) is 14.0 Å². The molecule has 5 nitrogen and oxygen atoms in total. The molecule has 0 saturated carbocycles. The number of carbonyl (C=O) groups is 2. The molecule has 4 rings (SSSR count). The summed E-state index contributed by atoms with van der Waals surface area (Å²) in [4.78, 5) is 27.5. The molecule has 6 heteroatoms. The lowest BCUT2D eigenvalue weighted by atomic mass is 10.0. The Balaban J connectivity index is 1.81. The predicted molar refractivity (Wildman–Crippen MR) is 118 cm³/mol. The first-order chi connectivity index (χ1) is 15.0. The lowest BCUT2D eigenvalue weighted by molar-refractivity contribution is -0.120. The number of imide groups is 1. The number of rotatable bonds is 6. The largest absolute Gasteiger partial charge is 0.494 e. The number of benzene rings is 3. The standard InChI is InChI=1S/C25H21FN2O3/c1-3-31-19-8-6-7-18(15-19)27-23-22(17-13-11-16(2)12-14-17)24(29)28(25(23)30)21-10-5-4-9-20(21)26/h4-15,27H,3H2,1-2H3. The van der Waals surface area contributed by atoms with Crippen molar-refractivity contribution in [3.8, 4) is 5.75 Å². The minimum absolute atomic E-state index is 0.0815. The summed E-state index contributed by atoms with van der Waals surface area (Å²) in [5, 5.41) is 3.07. The van der Waals surface area contributed by atoms with E-state index in [0.717, 1.165) is 10.5 Å². The highest BCUT2D eigenvalue weighted by atomic mass is 19.1. The second kappa shape index (κ2) is 8.44. The van der Waals surface area contributed by atoms with E-state index < -0.39 is 17.6 Å². The van der Waals surface area contributed by atoms with Gasteiger partial charge in [-0.2, -0.15) is 0 Å². The molecule has 0 fully saturated rings. The van der Waals surface area contributed by atoms with Crippen molar-refractivity contribution < 1.29 is 18.7 Å². The van der Waals surface area contributed by atoms with Crippen LogP contribution in [0.5, 0.6) is 5.75 Å². The number of anilines is 2. The molecule has 1 aliphatic rings. The molecule has 1 aliphatic heterocycles. The number of aryl methyl sites for hydroxylation is 1. The van der Waals surface area contributed by atoms with Crippen LogP contribution in [0.15, 0.2) is 78.5 Å². The van der Waals surface area contributed by atoms with E-state index in [1.54, 1.807) is 42.5 Å². The van der Waals surface area contributed by atoms with Gasteiger partial charge < -0.3 is 10.1 Å². The first kappa shape index (κ1) is 20.3. The molecule has 2 amide bonds. The summed E-state index contributed by atoms with van der Waals surface area (Å²) in [6.07, 6.45) is 0. The Bertz CT molecular complexity index is 1190. The SMILES string of the molecule is CCOc1cccc(NC2=C(c3ccc(C)cc3)C(=O)N(c3ccccc3F)C2=O)c1. The molecule has 0 aromatic heterocycles. The Morgan fingerprint density at radius 2 is 1.68 bits per heavy atom. The van der Waals surface area contributed by atoms with Crippen molar-refractivity contribution in [1.29, 1.82) is 0 Å². The second-order valence-corrected chi connectivity index (χ2v) is 7.10. The summed E-state index contributed by atoms with van der Waals surface area (Å²) in [6.45, 7) is 4.31. The first-order valence-corrected chi connectivity index (χ1v) is 9.94. The summed E-state index contributed by atoms with van der Waals surface area (Å²) in [7, 11) is 0. The van der Waals surface area contributed by atoms with Crippen LogP contribution < -0.4 is 15.0 Å². The molecule has 0 unspecified atom stereocenters. The molecule has 0 saturated heterocycles. The highest BCUT2D eigenvalue weighted by molar-refractivity contribution is 6.46. The van der Waals surface area contributed by atoms with Gasteiger partial charge in [0.05, 0.1) is 17.9 Å². The molecular weight excluding hydrogens is 395 g/mol. The number of halogens is 1. The predicted octanol–water partition coefficient (Wildman–Crippen LogP) is 4.93. The Kier molecular flexibility index (Phi) is 5.54. The summed E-state index contributed by atoms with van der Waals surface area (Å²) >= 11 is 0. The smallest absolute Gasteiger partial charge is 0.282 e. The van der Waals surface area contributed by atoms with Crippen LogP contribution in [0.25, 0.3) is 5.57 Å². The fourth-order valence-electron chi connectivity index (χ4n) is 3.46. The minimum Gasteiger partial charge on any atom is -0.494 e. The molecule has 0 spiro atoms.